The van der Waals surface area contributed by atoms with Crippen LogP contribution in [0.15, 0.2) is 0 Å². The summed E-state index contributed by atoms with van der Waals surface area (Å²) >= 11 is 0. The van der Waals surface area contributed by atoms with Gasteiger partial charge in [0.15, 0.2) is 0 Å². The fourth-order valence-corrected chi connectivity index (χ4v) is 2.71. The monoisotopic (exact) mass is 227 g/mol. The minimum absolute atomic E-state index is 0.420. The molecule has 1 aliphatic rings. The van der Waals surface area contributed by atoms with Crippen LogP contribution in [0.2, 0.25) is 0 Å². The van der Waals surface area contributed by atoms with Crippen LogP contribution in [0.5, 0.6) is 0 Å². The first kappa shape index (κ1) is 13.9. The fraction of sp³-hybridized carbons (Fsp3) is 1.00. The molecule has 3 N–H and O–H groups in total. The average molecular weight is 227 g/mol. The Labute approximate surface area is 101 Å². The van der Waals surface area contributed by atoms with Gasteiger partial charge in [0.1, 0.15) is 0 Å². The Kier molecular flexibility index (Phi) is 5.73. The number of hydrogen-bond acceptors (Lipinski definition) is 3. The van der Waals surface area contributed by atoms with Gasteiger partial charge in [0.25, 0.3) is 0 Å². The van der Waals surface area contributed by atoms with Crippen LogP contribution in [0.25, 0.3) is 0 Å². The van der Waals surface area contributed by atoms with Crippen molar-refractivity contribution in [2.75, 3.05) is 20.6 Å². The van der Waals surface area contributed by atoms with Gasteiger partial charge in [-0.1, -0.05) is 20.3 Å². The van der Waals surface area contributed by atoms with E-state index in [1.165, 1.54) is 19.3 Å². The van der Waals surface area contributed by atoms with E-state index in [0.29, 0.717) is 24.0 Å². The summed E-state index contributed by atoms with van der Waals surface area (Å²) in [5, 5.41) is 3.69. The van der Waals surface area contributed by atoms with Crippen molar-refractivity contribution in [3.05, 3.63) is 0 Å². The van der Waals surface area contributed by atoms with Crippen molar-refractivity contribution in [2.24, 2.45) is 11.7 Å². The minimum atomic E-state index is 0.420. The SMILES string of the molecule is CC(C)C(CNC1CCCC(N)C1)N(C)C. The molecule has 0 spiro atoms. The van der Waals surface area contributed by atoms with E-state index >= 15 is 0 Å². The van der Waals surface area contributed by atoms with Gasteiger partial charge in [0.2, 0.25) is 0 Å². The maximum atomic E-state index is 6.00. The molecule has 0 saturated heterocycles. The number of hydrogen-bond donors (Lipinski definition) is 2. The second-order valence-corrected chi connectivity index (χ2v) is 5.81. The lowest BCUT2D eigenvalue weighted by atomic mass is 9.91. The van der Waals surface area contributed by atoms with Crippen molar-refractivity contribution in [3.63, 3.8) is 0 Å². The summed E-state index contributed by atoms with van der Waals surface area (Å²) in [7, 11) is 4.33. The van der Waals surface area contributed by atoms with E-state index in [0.717, 1.165) is 13.0 Å². The molecule has 0 aliphatic heterocycles. The molecule has 0 aromatic heterocycles. The van der Waals surface area contributed by atoms with Crippen molar-refractivity contribution in [1.82, 2.24) is 10.2 Å². The van der Waals surface area contributed by atoms with E-state index in [9.17, 15) is 0 Å². The Balaban J connectivity index is 2.31. The molecular weight excluding hydrogens is 198 g/mol. The highest BCUT2D eigenvalue weighted by Crippen LogP contribution is 2.17. The maximum Gasteiger partial charge on any atom is 0.0237 e. The summed E-state index contributed by atoms with van der Waals surface area (Å²) in [5.74, 6) is 0.694. The predicted octanol–water partition coefficient (Wildman–Crippen LogP) is 1.43. The molecule has 0 radical (unpaired) electrons. The van der Waals surface area contributed by atoms with Crippen molar-refractivity contribution in [2.45, 2.75) is 57.7 Å². The van der Waals surface area contributed by atoms with Crippen molar-refractivity contribution in [3.8, 4) is 0 Å². The van der Waals surface area contributed by atoms with Crippen LogP contribution in [-0.4, -0.2) is 43.7 Å². The molecule has 3 atom stereocenters. The lowest BCUT2D eigenvalue weighted by molar-refractivity contribution is 0.209. The summed E-state index contributed by atoms with van der Waals surface area (Å²) in [4.78, 5) is 2.32. The van der Waals surface area contributed by atoms with E-state index < -0.39 is 0 Å². The van der Waals surface area contributed by atoms with Crippen molar-refractivity contribution in [1.29, 1.82) is 0 Å². The molecule has 0 aromatic rings. The molecule has 3 heteroatoms. The fourth-order valence-electron chi connectivity index (χ4n) is 2.71. The van der Waals surface area contributed by atoms with Gasteiger partial charge in [-0.25, -0.2) is 0 Å². The molecule has 1 rings (SSSR count). The zero-order chi connectivity index (χ0) is 12.1. The van der Waals surface area contributed by atoms with Gasteiger partial charge in [0.05, 0.1) is 0 Å². The quantitative estimate of drug-likeness (QED) is 0.746. The van der Waals surface area contributed by atoms with Crippen LogP contribution < -0.4 is 11.1 Å². The molecule has 0 amide bonds. The third-order valence-electron chi connectivity index (χ3n) is 3.76. The number of nitrogens with two attached hydrogens (primary N) is 1. The van der Waals surface area contributed by atoms with Gasteiger partial charge in [0, 0.05) is 24.7 Å². The zero-order valence-corrected chi connectivity index (χ0v) is 11.4. The third kappa shape index (κ3) is 4.40. The lowest BCUT2D eigenvalue weighted by Crippen LogP contribution is -2.47. The molecule has 0 bridgehead atoms. The van der Waals surface area contributed by atoms with Crippen LogP contribution in [0, 0.1) is 5.92 Å². The normalized spacial score (nSPS) is 28.7. The first-order valence-electron chi connectivity index (χ1n) is 6.66. The highest BCUT2D eigenvalue weighted by atomic mass is 15.1. The van der Waals surface area contributed by atoms with E-state index in [2.05, 4.69) is 38.2 Å². The topological polar surface area (TPSA) is 41.3 Å². The van der Waals surface area contributed by atoms with E-state index in [-0.39, 0.29) is 0 Å². The van der Waals surface area contributed by atoms with Gasteiger partial charge in [-0.05, 0) is 39.3 Å². The number of nitrogens with one attached hydrogen (secondary N) is 1. The van der Waals surface area contributed by atoms with E-state index in [1.54, 1.807) is 0 Å². The zero-order valence-electron chi connectivity index (χ0n) is 11.4. The summed E-state index contributed by atoms with van der Waals surface area (Å²) in [5.41, 5.74) is 6.00. The Morgan fingerprint density at radius 1 is 1.31 bits per heavy atom. The molecule has 1 fully saturated rings. The van der Waals surface area contributed by atoms with Gasteiger partial charge >= 0.3 is 0 Å². The van der Waals surface area contributed by atoms with Crippen LogP contribution in [0.1, 0.15) is 39.5 Å². The first-order chi connectivity index (χ1) is 7.50. The standard InChI is InChI=1S/C13H29N3/c1-10(2)13(16(3)4)9-15-12-7-5-6-11(14)8-12/h10-13,15H,5-9,14H2,1-4H3. The summed E-state index contributed by atoms with van der Waals surface area (Å²) in [6, 6.07) is 1.69. The third-order valence-corrected chi connectivity index (χ3v) is 3.76. The Morgan fingerprint density at radius 2 is 2.00 bits per heavy atom. The molecule has 0 aromatic carbocycles. The van der Waals surface area contributed by atoms with Crippen molar-refractivity contribution >= 4 is 0 Å². The summed E-state index contributed by atoms with van der Waals surface area (Å²) < 4.78 is 0. The Bertz CT molecular complexity index is 184. The van der Waals surface area contributed by atoms with Gasteiger partial charge in [-0.15, -0.1) is 0 Å². The molecule has 1 saturated carbocycles. The van der Waals surface area contributed by atoms with E-state index in [4.69, 9.17) is 5.73 Å². The summed E-state index contributed by atoms with van der Waals surface area (Å²) in [6.45, 7) is 5.67. The number of nitrogens with zero attached hydrogens (tertiary/aromatic N) is 1. The van der Waals surface area contributed by atoms with Crippen LogP contribution in [0.3, 0.4) is 0 Å². The maximum absolute atomic E-state index is 6.00. The van der Waals surface area contributed by atoms with Crippen molar-refractivity contribution < 1.29 is 0 Å². The molecule has 3 unspecified atom stereocenters. The van der Waals surface area contributed by atoms with E-state index in [1.807, 2.05) is 0 Å². The smallest absolute Gasteiger partial charge is 0.0237 e. The second-order valence-electron chi connectivity index (χ2n) is 5.81. The molecule has 0 heterocycles. The number of likely N-dealkylation sites (N-methyl/N-ethyl adjacent to an activating group) is 1. The minimum Gasteiger partial charge on any atom is -0.328 e. The highest BCUT2D eigenvalue weighted by molar-refractivity contribution is 4.82. The van der Waals surface area contributed by atoms with Crippen LogP contribution >= 0.6 is 0 Å². The van der Waals surface area contributed by atoms with Crippen LogP contribution in [0.4, 0.5) is 0 Å². The lowest BCUT2D eigenvalue weighted by Gasteiger charge is -2.33. The first-order valence-corrected chi connectivity index (χ1v) is 6.66. The summed E-state index contributed by atoms with van der Waals surface area (Å²) in [6.07, 6.45) is 4.94. The number of rotatable bonds is 5. The molecular formula is C13H29N3. The Morgan fingerprint density at radius 3 is 2.50 bits per heavy atom. The molecule has 96 valence electrons. The predicted molar refractivity (Wildman–Crippen MR) is 70.5 cm³/mol. The molecule has 16 heavy (non-hydrogen) atoms. The second kappa shape index (κ2) is 6.58. The molecule has 3 nitrogen and oxygen atoms in total. The average Bonchev–Trinajstić information content (AvgIpc) is 2.16. The largest absolute Gasteiger partial charge is 0.328 e. The highest BCUT2D eigenvalue weighted by Gasteiger charge is 2.21. The molecule has 1 aliphatic carbocycles. The Hall–Kier alpha value is -0.120. The van der Waals surface area contributed by atoms with Gasteiger partial charge in [-0.2, -0.15) is 0 Å². The van der Waals surface area contributed by atoms with Gasteiger partial charge in [-0.3, -0.25) is 0 Å². The van der Waals surface area contributed by atoms with Crippen LogP contribution in [-0.2, 0) is 0 Å². The van der Waals surface area contributed by atoms with Gasteiger partial charge < -0.3 is 16.0 Å².